The van der Waals surface area contributed by atoms with Crippen LogP contribution in [0.25, 0.3) is 0 Å². The second-order valence-corrected chi connectivity index (χ2v) is 8.69. The molecule has 0 aromatic heterocycles. The Hall–Kier alpha value is -2.44. The van der Waals surface area contributed by atoms with Gasteiger partial charge in [-0.15, -0.1) is 0 Å². The smallest absolute Gasteiger partial charge is 0.200 e. The van der Waals surface area contributed by atoms with Gasteiger partial charge in [0.05, 0.1) is 20.8 Å². The van der Waals surface area contributed by atoms with Crippen LogP contribution in [0, 0.1) is 5.92 Å². The predicted octanol–water partition coefficient (Wildman–Crippen LogP) is 3.95. The van der Waals surface area contributed by atoms with E-state index >= 15 is 4.39 Å². The minimum Gasteiger partial charge on any atom is -0.493 e. The van der Waals surface area contributed by atoms with Gasteiger partial charge in [-0.1, -0.05) is 24.3 Å². The molecule has 1 heterocycles. The maximum atomic E-state index is 15.8. The number of halogens is 1. The highest BCUT2D eigenvalue weighted by Crippen LogP contribution is 2.43. The number of methoxy groups -OCH3 is 2. The number of carbonyl (C=O) groups is 1. The van der Waals surface area contributed by atoms with Crippen molar-refractivity contribution in [1.82, 2.24) is 4.90 Å². The van der Waals surface area contributed by atoms with E-state index < -0.39 is 11.5 Å². The van der Waals surface area contributed by atoms with Crippen LogP contribution >= 0.6 is 0 Å². The van der Waals surface area contributed by atoms with Gasteiger partial charge in [-0.3, -0.25) is 9.69 Å². The van der Waals surface area contributed by atoms with E-state index in [1.165, 1.54) is 14.2 Å². The summed E-state index contributed by atoms with van der Waals surface area (Å²) in [5.74, 6) is 0.726. The fourth-order valence-corrected chi connectivity index (χ4v) is 4.98. The number of nitrogens with zero attached hydrogens (tertiary/aromatic N) is 1. The highest BCUT2D eigenvalue weighted by molar-refractivity contribution is 6.07. The third-order valence-electron chi connectivity index (χ3n) is 6.73. The molecule has 2 aromatic rings. The number of piperidine rings is 1. The maximum absolute atomic E-state index is 15.8. The van der Waals surface area contributed by atoms with E-state index in [9.17, 15) is 9.90 Å². The third-order valence-corrected chi connectivity index (χ3v) is 6.73. The highest BCUT2D eigenvalue weighted by atomic mass is 19.1. The molecule has 5 nitrogen and oxygen atoms in total. The molecule has 1 atom stereocenters. The molecule has 4 rings (SSSR count). The van der Waals surface area contributed by atoms with Crippen molar-refractivity contribution in [2.45, 2.75) is 44.5 Å². The van der Waals surface area contributed by atoms with E-state index in [1.54, 1.807) is 12.1 Å². The minimum atomic E-state index is -1.85. The quantitative estimate of drug-likeness (QED) is 0.725. The zero-order valence-corrected chi connectivity index (χ0v) is 18.2. The van der Waals surface area contributed by atoms with E-state index in [0.29, 0.717) is 22.6 Å². The maximum Gasteiger partial charge on any atom is 0.200 e. The van der Waals surface area contributed by atoms with Crippen LogP contribution in [0.2, 0.25) is 0 Å². The lowest BCUT2D eigenvalue weighted by molar-refractivity contribution is 0.0587. The number of hydrogen-bond donors (Lipinski definition) is 1. The number of aliphatic hydroxyl groups excluding tert-OH is 1. The lowest BCUT2D eigenvalue weighted by Crippen LogP contribution is -2.39. The molecule has 0 saturated carbocycles. The number of hydrogen-bond acceptors (Lipinski definition) is 5. The normalized spacial score (nSPS) is 21.9. The standard InChI is InChI=1S/C25H30FNO4/c1-30-22-11-20-14-25(26,24(29)21(20)12-23(22)31-2)13-17-7-9-27(10-8-17)15-18-5-3-4-6-19(18)16-28/h3-6,11-12,17,28H,7-10,13-16H2,1-2H3. The van der Waals surface area contributed by atoms with Gasteiger partial charge in [0.25, 0.3) is 0 Å². The molecule has 31 heavy (non-hydrogen) atoms. The largest absolute Gasteiger partial charge is 0.493 e. The van der Waals surface area contributed by atoms with Crippen molar-refractivity contribution < 1.29 is 23.8 Å². The lowest BCUT2D eigenvalue weighted by Gasteiger charge is -2.34. The van der Waals surface area contributed by atoms with Crippen molar-refractivity contribution in [3.8, 4) is 11.5 Å². The Labute approximate surface area is 182 Å². The number of fused-ring (bicyclic) bond motifs is 1. The molecule has 1 unspecified atom stereocenters. The zero-order chi connectivity index (χ0) is 22.0. The number of Topliss-reactive ketones (excluding diaryl/α,β-unsaturated/α-hetero) is 1. The SMILES string of the molecule is COc1cc2c(cc1OC)C(=O)C(F)(CC1CCN(Cc3ccccc3CO)CC1)C2. The van der Waals surface area contributed by atoms with Gasteiger partial charge in [0.2, 0.25) is 5.78 Å². The number of carbonyl (C=O) groups excluding carboxylic acids is 1. The van der Waals surface area contributed by atoms with Crippen molar-refractivity contribution in [2.75, 3.05) is 27.3 Å². The molecule has 1 fully saturated rings. The molecule has 1 saturated heterocycles. The van der Waals surface area contributed by atoms with Crippen LogP contribution in [0.4, 0.5) is 4.39 Å². The topological polar surface area (TPSA) is 59.0 Å². The summed E-state index contributed by atoms with van der Waals surface area (Å²) in [7, 11) is 3.05. The molecule has 1 aliphatic carbocycles. The van der Waals surface area contributed by atoms with Gasteiger partial charge in [0.1, 0.15) is 0 Å². The van der Waals surface area contributed by atoms with Gasteiger partial charge >= 0.3 is 0 Å². The number of aliphatic hydroxyl groups is 1. The number of ketones is 1. The number of ether oxygens (including phenoxy) is 2. The average molecular weight is 428 g/mol. The summed E-state index contributed by atoms with van der Waals surface area (Å²) in [5.41, 5.74) is 1.35. The summed E-state index contributed by atoms with van der Waals surface area (Å²) in [6, 6.07) is 11.3. The van der Waals surface area contributed by atoms with Crippen LogP contribution in [-0.2, 0) is 19.6 Å². The summed E-state index contributed by atoms with van der Waals surface area (Å²) < 4.78 is 26.4. The molecule has 2 aliphatic rings. The molecule has 0 bridgehead atoms. The first kappa shape index (κ1) is 21.8. The fraction of sp³-hybridized carbons (Fsp3) is 0.480. The van der Waals surface area contributed by atoms with Crippen molar-refractivity contribution >= 4 is 5.78 Å². The van der Waals surface area contributed by atoms with Crippen molar-refractivity contribution in [2.24, 2.45) is 5.92 Å². The Morgan fingerprint density at radius 3 is 2.39 bits per heavy atom. The molecule has 0 radical (unpaired) electrons. The van der Waals surface area contributed by atoms with Gasteiger partial charge < -0.3 is 14.6 Å². The van der Waals surface area contributed by atoms with E-state index in [2.05, 4.69) is 4.90 Å². The van der Waals surface area contributed by atoms with Crippen LogP contribution in [0.1, 0.15) is 46.3 Å². The molecule has 1 aliphatic heterocycles. The average Bonchev–Trinajstić information content (AvgIpc) is 3.03. The molecule has 0 spiro atoms. The van der Waals surface area contributed by atoms with Crippen LogP contribution in [0.5, 0.6) is 11.5 Å². The summed E-state index contributed by atoms with van der Waals surface area (Å²) >= 11 is 0. The highest BCUT2D eigenvalue weighted by Gasteiger charge is 2.48. The van der Waals surface area contributed by atoms with Crippen LogP contribution in [-0.4, -0.2) is 48.8 Å². The monoisotopic (exact) mass is 427 g/mol. The second kappa shape index (κ2) is 8.97. The fourth-order valence-electron chi connectivity index (χ4n) is 4.98. The molecule has 6 heteroatoms. The third kappa shape index (κ3) is 4.32. The molecule has 166 valence electrons. The van der Waals surface area contributed by atoms with Crippen molar-refractivity contribution in [3.05, 3.63) is 58.7 Å². The Balaban J connectivity index is 1.38. The van der Waals surface area contributed by atoms with Crippen molar-refractivity contribution in [3.63, 3.8) is 0 Å². The number of likely N-dealkylation sites (tertiary alicyclic amines) is 1. The summed E-state index contributed by atoms with van der Waals surface area (Å²) in [6.07, 6.45) is 2.09. The van der Waals surface area contributed by atoms with Gasteiger partial charge in [-0.25, -0.2) is 4.39 Å². The first-order valence-corrected chi connectivity index (χ1v) is 10.9. The predicted molar refractivity (Wildman–Crippen MR) is 116 cm³/mol. The lowest BCUT2D eigenvalue weighted by atomic mass is 9.83. The summed E-state index contributed by atoms with van der Waals surface area (Å²) in [4.78, 5) is 15.3. The van der Waals surface area contributed by atoms with Crippen molar-refractivity contribution in [1.29, 1.82) is 0 Å². The Morgan fingerprint density at radius 1 is 1.10 bits per heavy atom. The Bertz CT molecular complexity index is 955. The molecular weight excluding hydrogens is 397 g/mol. The minimum absolute atomic E-state index is 0.0370. The zero-order valence-electron chi connectivity index (χ0n) is 18.2. The Morgan fingerprint density at radius 2 is 1.74 bits per heavy atom. The van der Waals surface area contributed by atoms with E-state index in [0.717, 1.165) is 43.6 Å². The van der Waals surface area contributed by atoms with Gasteiger partial charge in [0, 0.05) is 18.5 Å². The van der Waals surface area contributed by atoms with Crippen LogP contribution < -0.4 is 9.47 Å². The molecular formula is C25H30FNO4. The van der Waals surface area contributed by atoms with Gasteiger partial charge in [-0.2, -0.15) is 0 Å². The second-order valence-electron chi connectivity index (χ2n) is 8.69. The molecule has 2 aromatic carbocycles. The molecule has 1 N–H and O–H groups in total. The van der Waals surface area contributed by atoms with E-state index in [4.69, 9.17) is 9.47 Å². The molecule has 0 amide bonds. The number of rotatable bonds is 7. The van der Waals surface area contributed by atoms with Crippen LogP contribution in [0.3, 0.4) is 0 Å². The van der Waals surface area contributed by atoms with Gasteiger partial charge in [0.15, 0.2) is 17.2 Å². The number of benzene rings is 2. The first-order valence-electron chi connectivity index (χ1n) is 10.9. The van der Waals surface area contributed by atoms with Gasteiger partial charge in [-0.05, 0) is 67.1 Å². The summed E-state index contributed by atoms with van der Waals surface area (Å²) in [6.45, 7) is 2.55. The number of alkyl halides is 1. The Kier molecular flexibility index (Phi) is 6.30. The van der Waals surface area contributed by atoms with E-state index in [1.807, 2.05) is 24.3 Å². The first-order chi connectivity index (χ1) is 15.0. The summed E-state index contributed by atoms with van der Waals surface area (Å²) in [5, 5.41) is 9.54. The van der Waals surface area contributed by atoms with Crippen LogP contribution in [0.15, 0.2) is 36.4 Å². The van der Waals surface area contributed by atoms with E-state index in [-0.39, 0.29) is 25.4 Å².